The monoisotopic (exact) mass is 280 g/mol. The predicted octanol–water partition coefficient (Wildman–Crippen LogP) is 3.89. The van der Waals surface area contributed by atoms with Crippen LogP contribution < -0.4 is 5.32 Å². The number of hydrogen-bond acceptors (Lipinski definition) is 3. The summed E-state index contributed by atoms with van der Waals surface area (Å²) >= 11 is 1.91. The molecule has 1 aliphatic heterocycles. The lowest BCUT2D eigenvalue weighted by Crippen LogP contribution is -2.42. The summed E-state index contributed by atoms with van der Waals surface area (Å²) in [5.41, 5.74) is 1.48. The van der Waals surface area contributed by atoms with Crippen molar-refractivity contribution in [3.63, 3.8) is 0 Å². The first-order valence-corrected chi connectivity index (χ1v) is 8.43. The Kier molecular flexibility index (Phi) is 5.43. The van der Waals surface area contributed by atoms with Gasteiger partial charge in [0, 0.05) is 28.4 Å². The van der Waals surface area contributed by atoms with Crippen molar-refractivity contribution in [1.29, 1.82) is 0 Å². The maximum Gasteiger partial charge on any atom is 0.0305 e. The second-order valence-corrected chi connectivity index (χ2v) is 7.48. The van der Waals surface area contributed by atoms with Crippen molar-refractivity contribution in [1.82, 2.24) is 10.2 Å². The quantitative estimate of drug-likeness (QED) is 0.880. The van der Waals surface area contributed by atoms with Crippen molar-refractivity contribution < 1.29 is 0 Å². The molecule has 0 aliphatic carbocycles. The summed E-state index contributed by atoms with van der Waals surface area (Å²) in [5.74, 6) is 0. The Bertz CT molecular complexity index is 393. The lowest BCUT2D eigenvalue weighted by atomic mass is 10.1. The minimum atomic E-state index is 0.463. The Morgan fingerprint density at radius 3 is 2.47 bits per heavy atom. The Hall–Kier alpha value is -0.380. The summed E-state index contributed by atoms with van der Waals surface area (Å²) in [7, 11) is 0. The number of piperidine rings is 1. The van der Waals surface area contributed by atoms with Crippen LogP contribution in [-0.2, 0) is 0 Å². The van der Waals surface area contributed by atoms with Crippen LogP contribution in [0.15, 0.2) is 6.07 Å². The Balaban J connectivity index is 1.84. The molecule has 1 N–H and O–H groups in total. The largest absolute Gasteiger partial charge is 0.306 e. The zero-order chi connectivity index (χ0) is 13.8. The van der Waals surface area contributed by atoms with Crippen LogP contribution in [0.2, 0.25) is 0 Å². The zero-order valence-corrected chi connectivity index (χ0v) is 13.6. The van der Waals surface area contributed by atoms with E-state index in [1.54, 1.807) is 0 Å². The van der Waals surface area contributed by atoms with Gasteiger partial charge in [-0.2, -0.15) is 0 Å². The molecule has 2 nitrogen and oxygen atoms in total. The van der Waals surface area contributed by atoms with Gasteiger partial charge in [-0.15, -0.1) is 11.3 Å². The maximum atomic E-state index is 3.76. The SMILES string of the molecule is Cc1cc(C(C)NC(C)CN2CCCCC2)c(C)s1. The van der Waals surface area contributed by atoms with Crippen molar-refractivity contribution in [2.75, 3.05) is 19.6 Å². The fraction of sp³-hybridized carbons (Fsp3) is 0.750. The molecule has 2 rings (SSSR count). The summed E-state index contributed by atoms with van der Waals surface area (Å²) in [4.78, 5) is 5.49. The molecule has 1 fully saturated rings. The molecule has 0 spiro atoms. The number of nitrogens with zero attached hydrogens (tertiary/aromatic N) is 1. The smallest absolute Gasteiger partial charge is 0.0305 e. The molecule has 108 valence electrons. The van der Waals surface area contributed by atoms with Crippen molar-refractivity contribution >= 4 is 11.3 Å². The number of hydrogen-bond donors (Lipinski definition) is 1. The zero-order valence-electron chi connectivity index (χ0n) is 12.8. The molecule has 0 amide bonds. The number of thiophene rings is 1. The van der Waals surface area contributed by atoms with E-state index in [1.165, 1.54) is 54.2 Å². The topological polar surface area (TPSA) is 15.3 Å². The molecule has 19 heavy (non-hydrogen) atoms. The minimum Gasteiger partial charge on any atom is -0.306 e. The molecule has 2 atom stereocenters. The van der Waals surface area contributed by atoms with Gasteiger partial charge in [-0.1, -0.05) is 6.42 Å². The molecule has 0 aromatic carbocycles. The van der Waals surface area contributed by atoms with Crippen molar-refractivity contribution in [3.05, 3.63) is 21.4 Å². The Labute approximate surface area is 122 Å². The van der Waals surface area contributed by atoms with Crippen LogP contribution >= 0.6 is 11.3 Å². The molecule has 3 heteroatoms. The molecule has 1 saturated heterocycles. The third-order valence-electron chi connectivity index (χ3n) is 4.06. The van der Waals surface area contributed by atoms with Crippen LogP contribution in [0.4, 0.5) is 0 Å². The summed E-state index contributed by atoms with van der Waals surface area (Å²) in [5, 5.41) is 3.76. The second-order valence-electron chi connectivity index (χ2n) is 6.02. The highest BCUT2D eigenvalue weighted by Gasteiger charge is 2.17. The first-order chi connectivity index (χ1) is 9.06. The minimum absolute atomic E-state index is 0.463. The third-order valence-corrected chi connectivity index (χ3v) is 5.04. The van der Waals surface area contributed by atoms with Gasteiger partial charge in [0.1, 0.15) is 0 Å². The van der Waals surface area contributed by atoms with Crippen LogP contribution in [0.5, 0.6) is 0 Å². The van der Waals surface area contributed by atoms with Crippen molar-refractivity contribution in [2.24, 2.45) is 0 Å². The normalized spacial score (nSPS) is 20.4. The first-order valence-electron chi connectivity index (χ1n) is 7.61. The van der Waals surface area contributed by atoms with Crippen molar-refractivity contribution in [2.45, 2.75) is 59.0 Å². The highest BCUT2D eigenvalue weighted by molar-refractivity contribution is 7.12. The highest BCUT2D eigenvalue weighted by atomic mass is 32.1. The van der Waals surface area contributed by atoms with Gasteiger partial charge in [-0.25, -0.2) is 0 Å². The van der Waals surface area contributed by atoms with Gasteiger partial charge in [-0.05, 0) is 65.3 Å². The van der Waals surface area contributed by atoms with Crippen LogP contribution in [0.1, 0.15) is 54.5 Å². The lowest BCUT2D eigenvalue weighted by Gasteiger charge is -2.30. The van der Waals surface area contributed by atoms with Crippen LogP contribution in [0.25, 0.3) is 0 Å². The molecule has 2 unspecified atom stereocenters. The Morgan fingerprint density at radius 2 is 1.89 bits per heavy atom. The molecule has 1 aromatic heterocycles. The van der Waals surface area contributed by atoms with Gasteiger partial charge in [0.2, 0.25) is 0 Å². The molecular formula is C16H28N2S. The number of nitrogens with one attached hydrogen (secondary N) is 1. The average Bonchev–Trinajstić information content (AvgIpc) is 2.69. The van der Waals surface area contributed by atoms with Gasteiger partial charge in [0.15, 0.2) is 0 Å². The molecule has 0 saturated carbocycles. The van der Waals surface area contributed by atoms with Gasteiger partial charge in [0.25, 0.3) is 0 Å². The fourth-order valence-corrected chi connectivity index (χ4v) is 4.20. The van der Waals surface area contributed by atoms with E-state index in [1.807, 2.05) is 11.3 Å². The molecule has 0 bridgehead atoms. The van der Waals surface area contributed by atoms with E-state index in [0.717, 1.165) is 0 Å². The van der Waals surface area contributed by atoms with E-state index in [9.17, 15) is 0 Å². The number of aryl methyl sites for hydroxylation is 2. The van der Waals surface area contributed by atoms with Crippen LogP contribution in [0, 0.1) is 13.8 Å². The van der Waals surface area contributed by atoms with Crippen LogP contribution in [0.3, 0.4) is 0 Å². The summed E-state index contributed by atoms with van der Waals surface area (Å²) in [6, 6.07) is 3.36. The lowest BCUT2D eigenvalue weighted by molar-refractivity contribution is 0.205. The fourth-order valence-electron chi connectivity index (χ4n) is 3.18. The average molecular weight is 280 g/mol. The first kappa shape index (κ1) is 15.0. The van der Waals surface area contributed by atoms with Gasteiger partial charge in [-0.3, -0.25) is 0 Å². The summed E-state index contributed by atoms with van der Waals surface area (Å²) < 4.78 is 0. The highest BCUT2D eigenvalue weighted by Crippen LogP contribution is 2.26. The van der Waals surface area contributed by atoms with Gasteiger partial charge >= 0.3 is 0 Å². The van der Waals surface area contributed by atoms with E-state index < -0.39 is 0 Å². The molecule has 2 heterocycles. The van der Waals surface area contributed by atoms with E-state index >= 15 is 0 Å². The van der Waals surface area contributed by atoms with E-state index in [-0.39, 0.29) is 0 Å². The summed E-state index contributed by atoms with van der Waals surface area (Å²) in [6.45, 7) is 12.8. The Morgan fingerprint density at radius 1 is 1.21 bits per heavy atom. The second kappa shape index (κ2) is 6.87. The number of likely N-dealkylation sites (tertiary alicyclic amines) is 1. The summed E-state index contributed by atoms with van der Waals surface area (Å²) in [6.07, 6.45) is 4.18. The maximum absolute atomic E-state index is 3.76. The standard InChI is InChI=1S/C16H28N2S/c1-12(11-18-8-6-5-7-9-18)17-14(3)16-10-13(2)19-15(16)4/h10,12,14,17H,5-9,11H2,1-4H3. The number of rotatable bonds is 5. The van der Waals surface area contributed by atoms with Crippen LogP contribution in [-0.4, -0.2) is 30.6 Å². The molecule has 0 radical (unpaired) electrons. The van der Waals surface area contributed by atoms with Gasteiger partial charge < -0.3 is 10.2 Å². The molecule has 1 aliphatic rings. The van der Waals surface area contributed by atoms with E-state index in [4.69, 9.17) is 0 Å². The molecule has 1 aromatic rings. The van der Waals surface area contributed by atoms with E-state index in [0.29, 0.717) is 12.1 Å². The third kappa shape index (κ3) is 4.30. The van der Waals surface area contributed by atoms with Gasteiger partial charge in [0.05, 0.1) is 0 Å². The van der Waals surface area contributed by atoms with Crippen molar-refractivity contribution in [3.8, 4) is 0 Å². The molecular weight excluding hydrogens is 252 g/mol. The van der Waals surface area contributed by atoms with E-state index in [2.05, 4.69) is 44.0 Å². The predicted molar refractivity (Wildman–Crippen MR) is 85.1 cm³/mol.